The smallest absolute Gasteiger partial charge is 0.234 e. The Labute approximate surface area is 186 Å². The Kier molecular flexibility index (Phi) is 7.00. The Morgan fingerprint density at radius 1 is 1.21 bits per heavy atom. The third-order valence-corrected chi connectivity index (χ3v) is 6.78. The van der Waals surface area contributed by atoms with Crippen molar-refractivity contribution in [2.24, 2.45) is 0 Å². The highest BCUT2D eigenvalue weighted by Gasteiger charge is 2.11. The van der Waals surface area contributed by atoms with Crippen molar-refractivity contribution in [3.8, 4) is 5.69 Å². The largest absolute Gasteiger partial charge is 0.378 e. The fourth-order valence-corrected chi connectivity index (χ4v) is 4.72. The Balaban J connectivity index is 1.62. The Morgan fingerprint density at radius 3 is 2.57 bits per heavy atom. The summed E-state index contributed by atoms with van der Waals surface area (Å²) in [5, 5.41) is 8.25. The van der Waals surface area contributed by atoms with Crippen molar-refractivity contribution >= 4 is 75.8 Å². The summed E-state index contributed by atoms with van der Waals surface area (Å²) >= 11 is 20.1. The average Bonchev–Trinajstić information content (AvgIpc) is 3.03. The second kappa shape index (κ2) is 9.28. The maximum absolute atomic E-state index is 12.2. The van der Waals surface area contributed by atoms with Gasteiger partial charge >= 0.3 is 0 Å². The SMILES string of the molecule is CN(C)c1ccc(NC(=O)CSc2nn(-c3ccc(Cl)c(Cl)c3)c(=S)s2)cc1. The molecule has 0 radical (unpaired) electrons. The van der Waals surface area contributed by atoms with Crippen LogP contribution in [0.3, 0.4) is 0 Å². The molecule has 1 aromatic heterocycles. The molecule has 0 saturated carbocycles. The molecule has 0 atom stereocenters. The van der Waals surface area contributed by atoms with Gasteiger partial charge in [-0.1, -0.05) is 46.3 Å². The van der Waals surface area contributed by atoms with E-state index in [0.29, 0.717) is 18.3 Å². The number of carbonyl (C=O) groups excluding carboxylic acids is 1. The number of rotatable bonds is 6. The maximum Gasteiger partial charge on any atom is 0.234 e. The molecule has 10 heteroatoms. The van der Waals surface area contributed by atoms with Crippen LogP contribution in [0, 0.1) is 3.95 Å². The minimum absolute atomic E-state index is 0.107. The van der Waals surface area contributed by atoms with Gasteiger partial charge in [-0.25, -0.2) is 4.68 Å². The molecule has 1 amide bonds. The minimum Gasteiger partial charge on any atom is -0.378 e. The first-order valence-corrected chi connectivity index (χ1v) is 11.1. The van der Waals surface area contributed by atoms with Crippen LogP contribution in [-0.2, 0) is 4.79 Å². The van der Waals surface area contributed by atoms with Crippen LogP contribution in [0.4, 0.5) is 11.4 Å². The summed E-state index contributed by atoms with van der Waals surface area (Å²) in [4.78, 5) is 14.2. The number of carbonyl (C=O) groups is 1. The van der Waals surface area contributed by atoms with Crippen LogP contribution in [0.1, 0.15) is 0 Å². The molecule has 1 N–H and O–H groups in total. The Bertz CT molecular complexity index is 1050. The molecular weight excluding hydrogens is 455 g/mol. The van der Waals surface area contributed by atoms with Gasteiger partial charge in [0.1, 0.15) is 0 Å². The zero-order chi connectivity index (χ0) is 20.3. The predicted octanol–water partition coefficient (Wildman–Crippen LogP) is 5.77. The van der Waals surface area contributed by atoms with E-state index < -0.39 is 0 Å². The van der Waals surface area contributed by atoms with Gasteiger partial charge in [-0.05, 0) is 54.7 Å². The molecule has 0 aliphatic rings. The summed E-state index contributed by atoms with van der Waals surface area (Å²) in [6, 6.07) is 12.9. The Hall–Kier alpha value is -1.58. The number of benzene rings is 2. The standard InChI is InChI=1S/C18H16Cl2N4OS3/c1-23(2)12-5-3-11(4-6-12)21-16(25)10-27-17-22-24(18(26)28-17)13-7-8-14(19)15(20)9-13/h3-9H,10H2,1-2H3,(H,21,25). The van der Waals surface area contributed by atoms with Gasteiger partial charge in [-0.15, -0.1) is 5.10 Å². The van der Waals surface area contributed by atoms with Crippen LogP contribution in [0.2, 0.25) is 10.0 Å². The number of amides is 1. The average molecular weight is 471 g/mol. The summed E-state index contributed by atoms with van der Waals surface area (Å²) in [7, 11) is 3.94. The lowest BCUT2D eigenvalue weighted by Crippen LogP contribution is -2.14. The third kappa shape index (κ3) is 5.27. The number of aromatic nitrogens is 2. The van der Waals surface area contributed by atoms with Gasteiger partial charge in [0.15, 0.2) is 8.29 Å². The third-order valence-electron chi connectivity index (χ3n) is 3.67. The zero-order valence-corrected chi connectivity index (χ0v) is 18.9. The number of nitrogens with zero attached hydrogens (tertiary/aromatic N) is 3. The van der Waals surface area contributed by atoms with E-state index in [9.17, 15) is 4.79 Å². The molecule has 0 unspecified atom stereocenters. The number of nitrogens with one attached hydrogen (secondary N) is 1. The lowest BCUT2D eigenvalue weighted by molar-refractivity contribution is -0.113. The lowest BCUT2D eigenvalue weighted by Gasteiger charge is -2.12. The first-order chi connectivity index (χ1) is 13.3. The van der Waals surface area contributed by atoms with E-state index in [1.54, 1.807) is 22.9 Å². The van der Waals surface area contributed by atoms with Gasteiger partial charge in [0.25, 0.3) is 0 Å². The quantitative estimate of drug-likeness (QED) is 0.366. The van der Waals surface area contributed by atoms with Gasteiger partial charge < -0.3 is 10.2 Å². The Morgan fingerprint density at radius 2 is 1.93 bits per heavy atom. The summed E-state index contributed by atoms with van der Waals surface area (Å²) in [5.41, 5.74) is 2.55. The van der Waals surface area contributed by atoms with Crippen molar-refractivity contribution in [1.82, 2.24) is 9.78 Å². The van der Waals surface area contributed by atoms with Gasteiger partial charge in [0, 0.05) is 25.5 Å². The van der Waals surface area contributed by atoms with E-state index in [1.807, 2.05) is 43.3 Å². The predicted molar refractivity (Wildman–Crippen MR) is 122 cm³/mol. The van der Waals surface area contributed by atoms with Gasteiger partial charge in [0.2, 0.25) is 5.91 Å². The molecule has 3 rings (SSSR count). The van der Waals surface area contributed by atoms with Crippen LogP contribution in [0.5, 0.6) is 0 Å². The van der Waals surface area contributed by atoms with Gasteiger partial charge in [-0.3, -0.25) is 4.79 Å². The highest BCUT2D eigenvalue weighted by Crippen LogP contribution is 2.28. The van der Waals surface area contributed by atoms with Crippen LogP contribution >= 0.6 is 58.5 Å². The van der Waals surface area contributed by atoms with E-state index in [1.165, 1.54) is 23.1 Å². The monoisotopic (exact) mass is 470 g/mol. The van der Waals surface area contributed by atoms with Crippen molar-refractivity contribution in [1.29, 1.82) is 0 Å². The molecule has 1 heterocycles. The van der Waals surface area contributed by atoms with E-state index in [2.05, 4.69) is 10.4 Å². The normalized spacial score (nSPS) is 10.7. The molecule has 0 aliphatic carbocycles. The second-order valence-corrected chi connectivity index (χ2v) is 9.58. The van der Waals surface area contributed by atoms with E-state index in [-0.39, 0.29) is 11.7 Å². The minimum atomic E-state index is -0.107. The summed E-state index contributed by atoms with van der Waals surface area (Å²) in [5.74, 6) is 0.129. The first kappa shape index (κ1) is 21.1. The van der Waals surface area contributed by atoms with Crippen LogP contribution in [0.25, 0.3) is 5.69 Å². The summed E-state index contributed by atoms with van der Waals surface area (Å²) in [6.45, 7) is 0. The fourth-order valence-electron chi connectivity index (χ4n) is 2.27. The number of thioether (sulfide) groups is 1. The van der Waals surface area contributed by atoms with Crippen LogP contribution < -0.4 is 10.2 Å². The lowest BCUT2D eigenvalue weighted by atomic mass is 10.2. The molecule has 0 bridgehead atoms. The topological polar surface area (TPSA) is 50.2 Å². The zero-order valence-electron chi connectivity index (χ0n) is 15.0. The second-order valence-electron chi connectivity index (χ2n) is 5.92. The molecule has 2 aromatic carbocycles. The number of hydrogen-bond donors (Lipinski definition) is 1. The number of anilines is 2. The van der Waals surface area contributed by atoms with Crippen LogP contribution in [0.15, 0.2) is 46.8 Å². The van der Waals surface area contributed by atoms with Gasteiger partial charge in [-0.2, -0.15) is 0 Å². The van der Waals surface area contributed by atoms with Crippen molar-refractivity contribution < 1.29 is 4.79 Å². The number of hydrogen-bond acceptors (Lipinski definition) is 6. The molecule has 0 spiro atoms. The summed E-state index contributed by atoms with van der Waals surface area (Å²) < 4.78 is 2.89. The molecule has 5 nitrogen and oxygen atoms in total. The van der Waals surface area contributed by atoms with Crippen LogP contribution in [-0.4, -0.2) is 35.5 Å². The van der Waals surface area contributed by atoms with E-state index in [0.717, 1.165) is 17.1 Å². The first-order valence-electron chi connectivity index (χ1n) is 8.09. The molecular formula is C18H16Cl2N4OS3. The molecule has 0 fully saturated rings. The van der Waals surface area contributed by atoms with Gasteiger partial charge in [0.05, 0.1) is 21.5 Å². The van der Waals surface area contributed by atoms with Crippen molar-refractivity contribution in [2.75, 3.05) is 30.1 Å². The molecule has 28 heavy (non-hydrogen) atoms. The number of halogens is 2. The highest BCUT2D eigenvalue weighted by atomic mass is 35.5. The molecule has 0 saturated heterocycles. The van der Waals surface area contributed by atoms with Crippen molar-refractivity contribution in [3.05, 3.63) is 56.5 Å². The maximum atomic E-state index is 12.2. The van der Waals surface area contributed by atoms with Crippen molar-refractivity contribution in [2.45, 2.75) is 4.34 Å². The fraction of sp³-hybridized carbons (Fsp3) is 0.167. The molecule has 0 aliphatic heterocycles. The van der Waals surface area contributed by atoms with E-state index in [4.69, 9.17) is 35.4 Å². The van der Waals surface area contributed by atoms with Crippen molar-refractivity contribution in [3.63, 3.8) is 0 Å². The van der Waals surface area contributed by atoms with E-state index >= 15 is 0 Å². The highest BCUT2D eigenvalue weighted by molar-refractivity contribution is 8.01. The molecule has 3 aromatic rings. The molecule has 146 valence electrons. The summed E-state index contributed by atoms with van der Waals surface area (Å²) in [6.07, 6.45) is 0.